The van der Waals surface area contributed by atoms with E-state index in [1.165, 1.54) is 25.7 Å². The van der Waals surface area contributed by atoms with E-state index in [0.29, 0.717) is 0 Å². The van der Waals surface area contributed by atoms with E-state index in [1.54, 1.807) is 0 Å². The number of hydrogen-bond acceptors (Lipinski definition) is 2. The molecule has 2 nitrogen and oxygen atoms in total. The fraction of sp³-hybridized carbons (Fsp3) is 1.00. The summed E-state index contributed by atoms with van der Waals surface area (Å²) in [5.74, 6) is 0.810. The maximum Gasteiger partial charge on any atom is 0.00671 e. The van der Waals surface area contributed by atoms with Gasteiger partial charge < -0.3 is 11.1 Å². The van der Waals surface area contributed by atoms with Crippen molar-refractivity contribution in [1.82, 2.24) is 5.32 Å². The van der Waals surface area contributed by atoms with E-state index in [9.17, 15) is 0 Å². The monoisotopic (exact) mass is 156 g/mol. The van der Waals surface area contributed by atoms with E-state index in [0.717, 1.165) is 25.0 Å². The van der Waals surface area contributed by atoms with E-state index in [4.69, 9.17) is 5.73 Å². The zero-order chi connectivity index (χ0) is 8.10. The highest BCUT2D eigenvalue weighted by atomic mass is 14.9. The van der Waals surface area contributed by atoms with E-state index >= 15 is 0 Å². The lowest BCUT2D eigenvalue weighted by atomic mass is 9.86. The molecule has 2 heteroatoms. The molecule has 0 aromatic carbocycles. The highest BCUT2D eigenvalue weighted by Gasteiger charge is 2.18. The Labute approximate surface area is 69.5 Å². The molecule has 1 fully saturated rings. The van der Waals surface area contributed by atoms with Crippen molar-refractivity contribution < 1.29 is 0 Å². The van der Waals surface area contributed by atoms with Gasteiger partial charge in [-0.25, -0.2) is 0 Å². The van der Waals surface area contributed by atoms with Crippen LogP contribution in [0.4, 0.5) is 0 Å². The standard InChI is InChI=1S/C9H20N2/c1-2-11-9-5-3-8(7-10)4-6-9/h8-9,11H,2-7,10H2,1H3. The van der Waals surface area contributed by atoms with Gasteiger partial charge in [0.1, 0.15) is 0 Å². The molecule has 3 N–H and O–H groups in total. The summed E-state index contributed by atoms with van der Waals surface area (Å²) in [4.78, 5) is 0. The Balaban J connectivity index is 2.14. The molecule has 0 heterocycles. The van der Waals surface area contributed by atoms with Gasteiger partial charge in [0.25, 0.3) is 0 Å². The number of nitrogens with two attached hydrogens (primary N) is 1. The lowest BCUT2D eigenvalue weighted by molar-refractivity contribution is 0.300. The van der Waals surface area contributed by atoms with Crippen molar-refractivity contribution in [3.63, 3.8) is 0 Å². The summed E-state index contributed by atoms with van der Waals surface area (Å²) in [6, 6.07) is 0.780. The van der Waals surface area contributed by atoms with Gasteiger partial charge in [0, 0.05) is 6.04 Å². The number of nitrogens with one attached hydrogen (secondary N) is 1. The van der Waals surface area contributed by atoms with Crippen LogP contribution >= 0.6 is 0 Å². The zero-order valence-electron chi connectivity index (χ0n) is 7.47. The van der Waals surface area contributed by atoms with Crippen molar-refractivity contribution >= 4 is 0 Å². The summed E-state index contributed by atoms with van der Waals surface area (Å²) < 4.78 is 0. The molecule has 11 heavy (non-hydrogen) atoms. The fourth-order valence-corrected chi connectivity index (χ4v) is 1.89. The second-order valence-electron chi connectivity index (χ2n) is 3.51. The second kappa shape index (κ2) is 4.73. The summed E-state index contributed by atoms with van der Waals surface area (Å²) in [6.45, 7) is 4.17. The topological polar surface area (TPSA) is 38.0 Å². The molecule has 1 aliphatic carbocycles. The molecule has 66 valence electrons. The van der Waals surface area contributed by atoms with Gasteiger partial charge in [-0.2, -0.15) is 0 Å². The first kappa shape index (κ1) is 9.01. The molecule has 0 bridgehead atoms. The fourth-order valence-electron chi connectivity index (χ4n) is 1.89. The zero-order valence-corrected chi connectivity index (χ0v) is 7.47. The lowest BCUT2D eigenvalue weighted by Crippen LogP contribution is -2.34. The molecule has 0 saturated heterocycles. The van der Waals surface area contributed by atoms with Gasteiger partial charge in [0.2, 0.25) is 0 Å². The molecular weight excluding hydrogens is 136 g/mol. The molecular formula is C9H20N2. The average molecular weight is 156 g/mol. The Morgan fingerprint density at radius 1 is 1.27 bits per heavy atom. The highest BCUT2D eigenvalue weighted by Crippen LogP contribution is 2.22. The van der Waals surface area contributed by atoms with Gasteiger partial charge in [-0.15, -0.1) is 0 Å². The predicted octanol–water partition coefficient (Wildman–Crippen LogP) is 1.11. The van der Waals surface area contributed by atoms with Crippen molar-refractivity contribution in [1.29, 1.82) is 0 Å². The van der Waals surface area contributed by atoms with Crippen LogP contribution in [0.15, 0.2) is 0 Å². The molecule has 0 atom stereocenters. The van der Waals surface area contributed by atoms with Crippen molar-refractivity contribution in [3.8, 4) is 0 Å². The maximum absolute atomic E-state index is 5.60. The van der Waals surface area contributed by atoms with Gasteiger partial charge in [0.15, 0.2) is 0 Å². The summed E-state index contributed by atoms with van der Waals surface area (Å²) >= 11 is 0. The van der Waals surface area contributed by atoms with E-state index in [2.05, 4.69) is 12.2 Å². The summed E-state index contributed by atoms with van der Waals surface area (Å²) in [5, 5.41) is 3.49. The van der Waals surface area contributed by atoms with Crippen LogP contribution in [0, 0.1) is 5.92 Å². The molecule has 1 aliphatic rings. The summed E-state index contributed by atoms with van der Waals surface area (Å²) in [5.41, 5.74) is 5.60. The second-order valence-corrected chi connectivity index (χ2v) is 3.51. The Morgan fingerprint density at radius 3 is 2.36 bits per heavy atom. The third-order valence-corrected chi connectivity index (χ3v) is 2.67. The Kier molecular flexibility index (Phi) is 3.87. The van der Waals surface area contributed by atoms with Crippen LogP contribution in [0.5, 0.6) is 0 Å². The van der Waals surface area contributed by atoms with Crippen molar-refractivity contribution in [2.45, 2.75) is 38.6 Å². The van der Waals surface area contributed by atoms with E-state index in [1.807, 2.05) is 0 Å². The molecule has 0 amide bonds. The Hall–Kier alpha value is -0.0800. The first-order valence-corrected chi connectivity index (χ1v) is 4.80. The van der Waals surface area contributed by atoms with E-state index < -0.39 is 0 Å². The van der Waals surface area contributed by atoms with Crippen molar-refractivity contribution in [3.05, 3.63) is 0 Å². The molecule has 1 saturated carbocycles. The van der Waals surface area contributed by atoms with Crippen LogP contribution in [-0.2, 0) is 0 Å². The van der Waals surface area contributed by atoms with Crippen molar-refractivity contribution in [2.75, 3.05) is 13.1 Å². The van der Waals surface area contributed by atoms with Crippen LogP contribution in [0.1, 0.15) is 32.6 Å². The Bertz CT molecular complexity index is 95.7. The third-order valence-electron chi connectivity index (χ3n) is 2.67. The third kappa shape index (κ3) is 2.80. The van der Waals surface area contributed by atoms with Crippen LogP contribution < -0.4 is 11.1 Å². The minimum absolute atomic E-state index is 0.780. The molecule has 0 aromatic heterocycles. The largest absolute Gasteiger partial charge is 0.330 e. The quantitative estimate of drug-likeness (QED) is 0.642. The Morgan fingerprint density at radius 2 is 1.91 bits per heavy atom. The van der Waals surface area contributed by atoms with Crippen LogP contribution in [-0.4, -0.2) is 19.1 Å². The van der Waals surface area contributed by atoms with Crippen LogP contribution in [0.3, 0.4) is 0 Å². The minimum atomic E-state index is 0.780. The summed E-state index contributed by atoms with van der Waals surface area (Å²) in [6.07, 6.45) is 5.31. The average Bonchev–Trinajstić information content (AvgIpc) is 2.07. The number of hydrogen-bond donors (Lipinski definition) is 2. The van der Waals surface area contributed by atoms with Gasteiger partial charge >= 0.3 is 0 Å². The van der Waals surface area contributed by atoms with Crippen LogP contribution in [0.25, 0.3) is 0 Å². The highest BCUT2D eigenvalue weighted by molar-refractivity contribution is 4.76. The van der Waals surface area contributed by atoms with Crippen LogP contribution in [0.2, 0.25) is 0 Å². The molecule has 0 radical (unpaired) electrons. The first-order chi connectivity index (χ1) is 5.36. The molecule has 1 rings (SSSR count). The van der Waals surface area contributed by atoms with Gasteiger partial charge in [0.05, 0.1) is 0 Å². The molecule has 0 aliphatic heterocycles. The normalized spacial score (nSPS) is 32.2. The SMILES string of the molecule is CCNC1CCC(CN)CC1. The molecule has 0 spiro atoms. The van der Waals surface area contributed by atoms with Gasteiger partial charge in [-0.3, -0.25) is 0 Å². The predicted molar refractivity (Wildman–Crippen MR) is 48.5 cm³/mol. The molecule has 0 aromatic rings. The maximum atomic E-state index is 5.60. The smallest absolute Gasteiger partial charge is 0.00671 e. The number of rotatable bonds is 3. The molecule has 0 unspecified atom stereocenters. The van der Waals surface area contributed by atoms with Crippen molar-refractivity contribution in [2.24, 2.45) is 11.7 Å². The minimum Gasteiger partial charge on any atom is -0.330 e. The first-order valence-electron chi connectivity index (χ1n) is 4.80. The lowest BCUT2D eigenvalue weighted by Gasteiger charge is -2.27. The van der Waals surface area contributed by atoms with Gasteiger partial charge in [-0.1, -0.05) is 6.92 Å². The van der Waals surface area contributed by atoms with E-state index in [-0.39, 0.29) is 0 Å². The van der Waals surface area contributed by atoms with Gasteiger partial charge in [-0.05, 0) is 44.7 Å². The summed E-state index contributed by atoms with van der Waals surface area (Å²) in [7, 11) is 0.